The predicted molar refractivity (Wildman–Crippen MR) is 114 cm³/mol. The molecule has 1 atom stereocenters. The second-order valence-corrected chi connectivity index (χ2v) is 8.18. The summed E-state index contributed by atoms with van der Waals surface area (Å²) in [4.78, 5) is 7.40. The number of hydrogen-bond acceptors (Lipinski definition) is 5. The fourth-order valence-corrected chi connectivity index (χ4v) is 4.26. The molecule has 0 bridgehead atoms. The molecule has 0 unspecified atom stereocenters. The Hall–Kier alpha value is -2.44. The van der Waals surface area contributed by atoms with Gasteiger partial charge in [0.1, 0.15) is 11.7 Å². The number of amidine groups is 1. The maximum atomic E-state index is 13.9. The van der Waals surface area contributed by atoms with E-state index >= 15 is 0 Å². The monoisotopic (exact) mass is 394 g/mol. The van der Waals surface area contributed by atoms with Gasteiger partial charge in [-0.3, -0.25) is 0 Å². The maximum absolute atomic E-state index is 13.9. The molecule has 2 N–H and O–H groups in total. The van der Waals surface area contributed by atoms with Crippen LogP contribution in [0.1, 0.15) is 36.3 Å². The average Bonchev–Trinajstić information content (AvgIpc) is 3.58. The van der Waals surface area contributed by atoms with Gasteiger partial charge in [0.15, 0.2) is 0 Å². The van der Waals surface area contributed by atoms with Gasteiger partial charge in [-0.15, -0.1) is 0 Å². The summed E-state index contributed by atoms with van der Waals surface area (Å²) in [6, 6.07) is 11.7. The lowest BCUT2D eigenvalue weighted by atomic mass is 10.0. The Bertz CT molecular complexity index is 940. The van der Waals surface area contributed by atoms with Crippen LogP contribution < -0.4 is 10.6 Å². The van der Waals surface area contributed by atoms with Crippen LogP contribution in [0.4, 0.5) is 21.5 Å². The molecule has 1 saturated heterocycles. The van der Waals surface area contributed by atoms with Crippen LogP contribution >= 0.6 is 0 Å². The molecule has 2 aromatic rings. The van der Waals surface area contributed by atoms with Crippen LogP contribution in [0.15, 0.2) is 41.4 Å². The minimum Gasteiger partial charge on any atom is -0.385 e. The average molecular weight is 394 g/mol. The Labute approximate surface area is 171 Å². The van der Waals surface area contributed by atoms with E-state index in [0.29, 0.717) is 17.6 Å². The first-order chi connectivity index (χ1) is 14.2. The SMILES string of the molecule is COCC[C@H]1CN(C2=Nc3ccc(F)cc3Nc3ccc(C4CC4)cc32)CCN1. The van der Waals surface area contributed by atoms with Gasteiger partial charge >= 0.3 is 0 Å². The van der Waals surface area contributed by atoms with Crippen LogP contribution in [-0.4, -0.2) is 50.1 Å². The van der Waals surface area contributed by atoms with Gasteiger partial charge in [0, 0.05) is 50.6 Å². The van der Waals surface area contributed by atoms with Crippen molar-refractivity contribution < 1.29 is 9.13 Å². The molecule has 5 rings (SSSR count). The van der Waals surface area contributed by atoms with Crippen molar-refractivity contribution in [1.82, 2.24) is 10.2 Å². The number of benzene rings is 2. The summed E-state index contributed by atoms with van der Waals surface area (Å²) in [6.45, 7) is 3.43. The highest BCUT2D eigenvalue weighted by Crippen LogP contribution is 2.43. The molecule has 1 saturated carbocycles. The summed E-state index contributed by atoms with van der Waals surface area (Å²) in [7, 11) is 1.74. The summed E-state index contributed by atoms with van der Waals surface area (Å²) in [5.41, 5.74) is 4.97. The Morgan fingerprint density at radius 3 is 2.90 bits per heavy atom. The quantitative estimate of drug-likeness (QED) is 0.818. The highest BCUT2D eigenvalue weighted by Gasteiger charge is 2.29. The van der Waals surface area contributed by atoms with Gasteiger partial charge in [0.25, 0.3) is 0 Å². The van der Waals surface area contributed by atoms with Crippen LogP contribution in [0.3, 0.4) is 0 Å². The lowest BCUT2D eigenvalue weighted by Crippen LogP contribution is -2.53. The molecule has 1 aliphatic carbocycles. The number of nitrogens with one attached hydrogen (secondary N) is 2. The number of nitrogens with zero attached hydrogens (tertiary/aromatic N) is 2. The first-order valence-electron chi connectivity index (χ1n) is 10.5. The van der Waals surface area contributed by atoms with Crippen LogP contribution in [-0.2, 0) is 4.74 Å². The second kappa shape index (κ2) is 7.76. The molecular weight excluding hydrogens is 367 g/mol. The van der Waals surface area contributed by atoms with E-state index in [9.17, 15) is 4.39 Å². The third-order valence-electron chi connectivity index (χ3n) is 6.01. The Morgan fingerprint density at radius 1 is 1.17 bits per heavy atom. The number of anilines is 2. The van der Waals surface area contributed by atoms with Crippen LogP contribution in [0.25, 0.3) is 0 Å². The number of piperazine rings is 1. The van der Waals surface area contributed by atoms with E-state index in [4.69, 9.17) is 9.73 Å². The molecule has 2 fully saturated rings. The number of fused-ring (bicyclic) bond motifs is 2. The van der Waals surface area contributed by atoms with Crippen molar-refractivity contribution >= 4 is 22.9 Å². The summed E-state index contributed by atoms with van der Waals surface area (Å²) < 4.78 is 19.2. The van der Waals surface area contributed by atoms with E-state index in [0.717, 1.165) is 55.4 Å². The van der Waals surface area contributed by atoms with Gasteiger partial charge in [-0.2, -0.15) is 0 Å². The van der Waals surface area contributed by atoms with E-state index in [1.807, 2.05) is 0 Å². The van der Waals surface area contributed by atoms with Crippen LogP contribution in [0, 0.1) is 5.82 Å². The Morgan fingerprint density at radius 2 is 2.07 bits per heavy atom. The van der Waals surface area contributed by atoms with Crippen molar-refractivity contribution in [3.63, 3.8) is 0 Å². The van der Waals surface area contributed by atoms with Crippen LogP contribution in [0.2, 0.25) is 0 Å². The van der Waals surface area contributed by atoms with E-state index < -0.39 is 0 Å². The fourth-order valence-electron chi connectivity index (χ4n) is 4.26. The first-order valence-corrected chi connectivity index (χ1v) is 10.5. The van der Waals surface area contributed by atoms with Gasteiger partial charge in [-0.05, 0) is 61.1 Å². The van der Waals surface area contributed by atoms with Crippen molar-refractivity contribution in [2.45, 2.75) is 31.2 Å². The summed E-state index contributed by atoms with van der Waals surface area (Å²) in [5.74, 6) is 1.39. The van der Waals surface area contributed by atoms with Crippen molar-refractivity contribution in [2.75, 3.05) is 38.7 Å². The van der Waals surface area contributed by atoms with Gasteiger partial charge in [-0.1, -0.05) is 6.07 Å². The number of ether oxygens (including phenoxy) is 1. The maximum Gasteiger partial charge on any atom is 0.138 e. The van der Waals surface area contributed by atoms with Gasteiger partial charge < -0.3 is 20.3 Å². The molecular formula is C23H27FN4O. The molecule has 6 heteroatoms. The number of hydrogen-bond donors (Lipinski definition) is 2. The van der Waals surface area contributed by atoms with Crippen LogP contribution in [0.5, 0.6) is 0 Å². The normalized spacial score (nSPS) is 21.0. The molecule has 2 heterocycles. The standard InChI is InChI=1S/C23H27FN4O/c1-29-11-8-18-14-28(10-9-25-18)23-19-12-16(15-2-3-15)4-6-20(19)26-22-13-17(24)5-7-21(22)27-23/h4-7,12-13,15,18,25-26H,2-3,8-11,14H2,1H3/t18-/m0/s1. The molecule has 29 heavy (non-hydrogen) atoms. The zero-order valence-electron chi connectivity index (χ0n) is 16.7. The molecule has 152 valence electrons. The molecule has 5 nitrogen and oxygen atoms in total. The minimum absolute atomic E-state index is 0.257. The molecule has 2 aliphatic heterocycles. The van der Waals surface area contributed by atoms with E-state index in [-0.39, 0.29) is 5.82 Å². The zero-order chi connectivity index (χ0) is 19.8. The Balaban J connectivity index is 1.55. The number of aliphatic imine (C=N–C) groups is 1. The molecule has 0 aromatic heterocycles. The molecule has 2 aromatic carbocycles. The van der Waals surface area contributed by atoms with Gasteiger partial charge in [-0.25, -0.2) is 9.38 Å². The smallest absolute Gasteiger partial charge is 0.138 e. The van der Waals surface area contributed by atoms with E-state index in [2.05, 4.69) is 33.7 Å². The Kier molecular flexibility index (Phi) is 4.97. The number of halogens is 1. The summed E-state index contributed by atoms with van der Waals surface area (Å²) in [5, 5.41) is 7.01. The third-order valence-corrected chi connectivity index (χ3v) is 6.01. The van der Waals surface area contributed by atoms with Crippen molar-refractivity contribution in [3.05, 3.63) is 53.3 Å². The topological polar surface area (TPSA) is 48.9 Å². The van der Waals surface area contributed by atoms with E-state index in [1.54, 1.807) is 13.2 Å². The summed E-state index contributed by atoms with van der Waals surface area (Å²) >= 11 is 0. The molecule has 3 aliphatic rings. The largest absolute Gasteiger partial charge is 0.385 e. The predicted octanol–water partition coefficient (Wildman–Crippen LogP) is 4.15. The number of rotatable bonds is 4. The second-order valence-electron chi connectivity index (χ2n) is 8.18. The minimum atomic E-state index is -0.257. The van der Waals surface area contributed by atoms with Gasteiger partial charge in [0.2, 0.25) is 0 Å². The summed E-state index contributed by atoms with van der Waals surface area (Å²) in [6.07, 6.45) is 3.49. The zero-order valence-corrected chi connectivity index (χ0v) is 16.7. The molecule has 0 amide bonds. The lowest BCUT2D eigenvalue weighted by Gasteiger charge is -2.36. The van der Waals surface area contributed by atoms with Crippen molar-refractivity contribution in [2.24, 2.45) is 4.99 Å². The fraction of sp³-hybridized carbons (Fsp3) is 0.435. The van der Waals surface area contributed by atoms with Crippen molar-refractivity contribution in [1.29, 1.82) is 0 Å². The molecule has 0 spiro atoms. The highest BCUT2D eigenvalue weighted by atomic mass is 19.1. The molecule has 0 radical (unpaired) electrons. The highest BCUT2D eigenvalue weighted by molar-refractivity contribution is 6.08. The number of methoxy groups -OCH3 is 1. The van der Waals surface area contributed by atoms with Crippen molar-refractivity contribution in [3.8, 4) is 0 Å². The lowest BCUT2D eigenvalue weighted by molar-refractivity contribution is 0.168. The third kappa shape index (κ3) is 3.87. The van der Waals surface area contributed by atoms with E-state index in [1.165, 1.54) is 30.5 Å². The van der Waals surface area contributed by atoms with Gasteiger partial charge in [0.05, 0.1) is 11.4 Å². The first kappa shape index (κ1) is 18.6.